The molecule has 0 fully saturated rings. The summed E-state index contributed by atoms with van der Waals surface area (Å²) in [6, 6.07) is 15.6. The number of fused-ring (bicyclic) bond motifs is 2. The molecule has 1 heterocycles. The Morgan fingerprint density at radius 1 is 0.708 bits per heavy atom. The third-order valence-electron chi connectivity index (χ3n) is 4.07. The van der Waals surface area contributed by atoms with Crippen molar-refractivity contribution in [1.82, 2.24) is 0 Å². The fourth-order valence-electron chi connectivity index (χ4n) is 2.97. The van der Waals surface area contributed by atoms with Crippen LogP contribution < -0.4 is 0 Å². The highest BCUT2D eigenvalue weighted by molar-refractivity contribution is 8.28. The van der Waals surface area contributed by atoms with Crippen molar-refractivity contribution in [3.05, 3.63) is 84.8 Å². The molecule has 0 N–H and O–H groups in total. The second-order valence-corrected chi connectivity index (χ2v) is 8.40. The van der Waals surface area contributed by atoms with Crippen LogP contribution in [0.5, 0.6) is 0 Å². The maximum absolute atomic E-state index is 12.8. The van der Waals surface area contributed by atoms with E-state index in [0.29, 0.717) is 11.8 Å². The van der Waals surface area contributed by atoms with Crippen LogP contribution in [-0.4, -0.2) is 17.5 Å². The summed E-state index contributed by atoms with van der Waals surface area (Å²) in [5.41, 5.74) is 4.60. The minimum absolute atomic E-state index is 0.0849. The van der Waals surface area contributed by atoms with E-state index in [1.54, 1.807) is 23.5 Å². The van der Waals surface area contributed by atoms with Crippen LogP contribution in [0.2, 0.25) is 0 Å². The average molecular weight is 391 g/mol. The smallest absolute Gasteiger partial charge is 0.194 e. The third-order valence-corrected chi connectivity index (χ3v) is 7.61. The second kappa shape index (κ2) is 6.64. The zero-order chi connectivity index (χ0) is 16.7. The molecule has 0 aromatic heterocycles. The zero-order valence-electron chi connectivity index (χ0n) is 12.5. The van der Waals surface area contributed by atoms with Gasteiger partial charge in [-0.25, -0.2) is 0 Å². The third kappa shape index (κ3) is 2.55. The summed E-state index contributed by atoms with van der Waals surface area (Å²) < 4.78 is 1.15. The van der Waals surface area contributed by atoms with E-state index in [9.17, 15) is 4.79 Å². The van der Waals surface area contributed by atoms with Crippen molar-refractivity contribution in [2.45, 2.75) is 0 Å². The van der Waals surface area contributed by atoms with Crippen molar-refractivity contribution >= 4 is 58.1 Å². The van der Waals surface area contributed by atoms with Crippen molar-refractivity contribution < 1.29 is 4.79 Å². The van der Waals surface area contributed by atoms with Gasteiger partial charge in [-0.05, 0) is 11.1 Å². The van der Waals surface area contributed by atoms with Gasteiger partial charge >= 0.3 is 0 Å². The van der Waals surface area contributed by atoms with Crippen LogP contribution in [0.3, 0.4) is 0 Å². The molecule has 0 saturated carbocycles. The van der Waals surface area contributed by atoms with Crippen LogP contribution in [0.4, 0.5) is 0 Å². The molecule has 0 radical (unpaired) electrons. The largest absolute Gasteiger partial charge is 0.289 e. The van der Waals surface area contributed by atoms with Crippen molar-refractivity contribution in [3.8, 4) is 0 Å². The Labute approximate surface area is 159 Å². The van der Waals surface area contributed by atoms with Crippen LogP contribution in [0.25, 0.3) is 5.57 Å². The lowest BCUT2D eigenvalue weighted by Crippen LogP contribution is -2.14. The zero-order valence-corrected chi connectivity index (χ0v) is 15.7. The van der Waals surface area contributed by atoms with Crippen molar-refractivity contribution in [3.63, 3.8) is 0 Å². The van der Waals surface area contributed by atoms with Crippen molar-refractivity contribution in [2.75, 3.05) is 11.8 Å². The molecule has 0 unspecified atom stereocenters. The van der Waals surface area contributed by atoms with E-state index in [1.807, 2.05) is 48.5 Å². The molecule has 0 spiro atoms. The van der Waals surface area contributed by atoms with Gasteiger partial charge in [-0.1, -0.05) is 72.1 Å². The topological polar surface area (TPSA) is 17.1 Å². The van der Waals surface area contributed by atoms with Gasteiger partial charge in [0.25, 0.3) is 0 Å². The second-order valence-electron chi connectivity index (χ2n) is 5.40. The summed E-state index contributed by atoms with van der Waals surface area (Å²) in [5.74, 6) is 0.999. The number of rotatable bonds is 2. The Hall–Kier alpha value is -1.13. The van der Waals surface area contributed by atoms with E-state index in [0.717, 1.165) is 41.9 Å². The minimum Gasteiger partial charge on any atom is -0.289 e. The lowest BCUT2D eigenvalue weighted by molar-refractivity contribution is 0.103. The molecule has 0 atom stereocenters. The molecule has 1 aliphatic heterocycles. The van der Waals surface area contributed by atoms with Crippen LogP contribution in [-0.2, 0) is 0 Å². The number of hydrogen-bond donors (Lipinski definition) is 0. The van der Waals surface area contributed by atoms with Gasteiger partial charge in [-0.2, -0.15) is 0 Å². The molecule has 2 aromatic carbocycles. The molecule has 120 valence electrons. The summed E-state index contributed by atoms with van der Waals surface area (Å²) in [4.78, 5) is 15.0. The number of ketones is 1. The monoisotopic (exact) mass is 390 g/mol. The Balaban J connectivity index is 1.96. The first-order chi connectivity index (χ1) is 11.7. The first kappa shape index (κ1) is 16.3. The van der Waals surface area contributed by atoms with E-state index in [4.69, 9.17) is 23.2 Å². The summed E-state index contributed by atoms with van der Waals surface area (Å²) in [7, 11) is 0. The molecule has 0 bridgehead atoms. The Bertz CT molecular complexity index is 846. The number of allylic oxidation sites excluding steroid dienone is 2. The SMILES string of the molecule is O=C1c2ccccc2C(=C2SC(CCl)=C(CCl)S2)c2ccccc21. The Morgan fingerprint density at radius 3 is 1.54 bits per heavy atom. The van der Waals surface area contributed by atoms with Gasteiger partial charge in [0.2, 0.25) is 0 Å². The summed E-state index contributed by atoms with van der Waals surface area (Å²) >= 11 is 15.5. The summed E-state index contributed by atoms with van der Waals surface area (Å²) in [6.07, 6.45) is 0. The first-order valence-corrected chi connectivity index (χ1v) is 10.1. The number of alkyl halides is 2. The van der Waals surface area contributed by atoms with Crippen molar-refractivity contribution in [1.29, 1.82) is 0 Å². The number of thioether (sulfide) groups is 2. The lowest BCUT2D eigenvalue weighted by Gasteiger charge is -2.23. The molecule has 5 heteroatoms. The highest BCUT2D eigenvalue weighted by atomic mass is 35.5. The molecule has 1 nitrogen and oxygen atoms in total. The van der Waals surface area contributed by atoms with Crippen LogP contribution in [0.15, 0.2) is 62.6 Å². The molecular weight excluding hydrogens is 379 g/mol. The molecule has 4 rings (SSSR count). The van der Waals surface area contributed by atoms with E-state index < -0.39 is 0 Å². The van der Waals surface area contributed by atoms with Gasteiger partial charge in [0.15, 0.2) is 5.78 Å². The minimum atomic E-state index is 0.0849. The van der Waals surface area contributed by atoms with Crippen LogP contribution in [0, 0.1) is 0 Å². The van der Waals surface area contributed by atoms with Crippen LogP contribution in [0.1, 0.15) is 27.0 Å². The van der Waals surface area contributed by atoms with Gasteiger partial charge in [-0.15, -0.1) is 23.2 Å². The van der Waals surface area contributed by atoms with Gasteiger partial charge < -0.3 is 0 Å². The predicted octanol–water partition coefficient (Wildman–Crippen LogP) is 6.12. The fourth-order valence-corrected chi connectivity index (χ4v) is 6.37. The number of carbonyl (C=O) groups excluding carboxylic acids is 1. The highest BCUT2D eigenvalue weighted by Gasteiger charge is 2.31. The van der Waals surface area contributed by atoms with Gasteiger partial charge in [0.1, 0.15) is 0 Å². The lowest BCUT2D eigenvalue weighted by atomic mass is 9.82. The molecule has 0 saturated heterocycles. The molecular formula is C19H12Cl2OS2. The average Bonchev–Trinajstić information content (AvgIpc) is 3.05. The maximum atomic E-state index is 12.8. The van der Waals surface area contributed by atoms with E-state index in [1.165, 1.54) is 0 Å². The van der Waals surface area contributed by atoms with E-state index in [2.05, 4.69) is 0 Å². The van der Waals surface area contributed by atoms with E-state index in [-0.39, 0.29) is 5.78 Å². The predicted molar refractivity (Wildman–Crippen MR) is 106 cm³/mol. The molecule has 24 heavy (non-hydrogen) atoms. The van der Waals surface area contributed by atoms with Crippen molar-refractivity contribution in [2.24, 2.45) is 0 Å². The van der Waals surface area contributed by atoms with Gasteiger partial charge in [0, 0.05) is 26.5 Å². The quantitative estimate of drug-likeness (QED) is 0.490. The number of benzene rings is 2. The maximum Gasteiger partial charge on any atom is 0.194 e. The fraction of sp³-hybridized carbons (Fsp3) is 0.105. The van der Waals surface area contributed by atoms with Gasteiger partial charge in [0.05, 0.1) is 16.0 Å². The van der Waals surface area contributed by atoms with E-state index >= 15 is 0 Å². The summed E-state index contributed by atoms with van der Waals surface area (Å²) in [6.45, 7) is 0. The molecule has 1 aliphatic carbocycles. The van der Waals surface area contributed by atoms with Gasteiger partial charge in [-0.3, -0.25) is 4.79 Å². The normalized spacial score (nSPS) is 16.5. The summed E-state index contributed by atoms with van der Waals surface area (Å²) in [5, 5.41) is 0. The Morgan fingerprint density at radius 2 is 1.12 bits per heavy atom. The first-order valence-electron chi connectivity index (χ1n) is 7.42. The molecule has 2 aromatic rings. The molecule has 0 amide bonds. The number of halogens is 2. The molecule has 2 aliphatic rings. The standard InChI is InChI=1S/C19H12Cl2OS2/c20-9-15-16(10-21)24-19(23-15)17-11-5-1-3-7-13(11)18(22)14-8-4-2-6-12(14)17/h1-8H,9-10H2. The number of carbonyl (C=O) groups is 1. The highest BCUT2D eigenvalue weighted by Crippen LogP contribution is 2.55. The van der Waals surface area contributed by atoms with Crippen LogP contribution >= 0.6 is 46.7 Å². The number of hydrogen-bond acceptors (Lipinski definition) is 3. The Kier molecular flexibility index (Phi) is 4.52.